The van der Waals surface area contributed by atoms with E-state index >= 15 is 0 Å². The van der Waals surface area contributed by atoms with Crippen molar-refractivity contribution in [3.8, 4) is 0 Å². The first-order chi connectivity index (χ1) is 11.2. The fourth-order valence-electron chi connectivity index (χ4n) is 2.38. The molecule has 7 nitrogen and oxygen atoms in total. The molecule has 8 heteroatoms. The average molecular weight is 396 g/mol. The lowest BCUT2D eigenvalue weighted by Gasteiger charge is -2.19. The van der Waals surface area contributed by atoms with Gasteiger partial charge in [0.2, 0.25) is 5.91 Å². The molecule has 0 aromatic heterocycles. The van der Waals surface area contributed by atoms with Crippen LogP contribution in [0.3, 0.4) is 0 Å². The fraction of sp³-hybridized carbons (Fsp3) is 0.375. The molecule has 0 bridgehead atoms. The van der Waals surface area contributed by atoms with Gasteiger partial charge < -0.3 is 5.32 Å². The maximum Gasteiger partial charge on any atom is 0.334 e. The number of benzene rings is 1. The van der Waals surface area contributed by atoms with E-state index < -0.39 is 36.3 Å². The maximum atomic E-state index is 12.1. The summed E-state index contributed by atoms with van der Waals surface area (Å²) in [6, 6.07) is 5.91. The summed E-state index contributed by atoms with van der Waals surface area (Å²) < 4.78 is 0.922. The number of amides is 5. The molecular weight excluding hydrogens is 378 g/mol. The van der Waals surface area contributed by atoms with Gasteiger partial charge in [-0.15, -0.1) is 0 Å². The highest BCUT2D eigenvalue weighted by molar-refractivity contribution is 9.10. The summed E-state index contributed by atoms with van der Waals surface area (Å²) in [4.78, 5) is 49.5. The van der Waals surface area contributed by atoms with Gasteiger partial charge in [0.25, 0.3) is 0 Å². The Kier molecular flexibility index (Phi) is 5.38. The topological polar surface area (TPSA) is 86.8 Å². The summed E-state index contributed by atoms with van der Waals surface area (Å²) in [6.07, 6.45) is 0. The number of hydrogen-bond donors (Lipinski definition) is 1. The van der Waals surface area contributed by atoms with Gasteiger partial charge >= 0.3 is 17.8 Å². The van der Waals surface area contributed by atoms with Crippen molar-refractivity contribution in [2.24, 2.45) is 0 Å². The predicted molar refractivity (Wildman–Crippen MR) is 89.8 cm³/mol. The largest absolute Gasteiger partial charge is 0.348 e. The number of halogens is 1. The smallest absolute Gasteiger partial charge is 0.334 e. The lowest BCUT2D eigenvalue weighted by Crippen LogP contribution is -2.43. The van der Waals surface area contributed by atoms with E-state index in [1.807, 2.05) is 24.3 Å². The summed E-state index contributed by atoms with van der Waals surface area (Å²) in [5, 5.41) is 2.71. The molecular formula is C16H18BrN3O4. The van der Waals surface area contributed by atoms with Crippen molar-refractivity contribution >= 4 is 39.7 Å². The molecule has 1 fully saturated rings. The molecule has 0 unspecified atom stereocenters. The minimum atomic E-state index is -0.972. The zero-order valence-electron chi connectivity index (χ0n) is 13.6. The Morgan fingerprint density at radius 1 is 1.08 bits per heavy atom. The van der Waals surface area contributed by atoms with Crippen LogP contribution in [-0.4, -0.2) is 46.1 Å². The van der Waals surface area contributed by atoms with Crippen molar-refractivity contribution in [2.75, 3.05) is 6.54 Å². The van der Waals surface area contributed by atoms with Gasteiger partial charge in [-0.1, -0.05) is 28.1 Å². The van der Waals surface area contributed by atoms with Crippen LogP contribution in [0, 0.1) is 0 Å². The Bertz CT molecular complexity index is 687. The van der Waals surface area contributed by atoms with E-state index in [-0.39, 0.29) is 6.04 Å². The highest BCUT2D eigenvalue weighted by Crippen LogP contribution is 2.17. The summed E-state index contributed by atoms with van der Waals surface area (Å²) in [6.45, 7) is 4.57. The molecule has 1 aliphatic heterocycles. The van der Waals surface area contributed by atoms with E-state index in [2.05, 4.69) is 21.2 Å². The molecule has 1 aromatic rings. The molecule has 1 heterocycles. The second kappa shape index (κ2) is 7.12. The lowest BCUT2D eigenvalue weighted by atomic mass is 10.1. The number of nitrogens with zero attached hydrogens (tertiary/aromatic N) is 2. The van der Waals surface area contributed by atoms with Crippen LogP contribution in [0.5, 0.6) is 0 Å². The summed E-state index contributed by atoms with van der Waals surface area (Å²) in [7, 11) is 0. The van der Waals surface area contributed by atoms with Gasteiger partial charge in [-0.25, -0.2) is 9.69 Å². The molecule has 1 aliphatic rings. The fourth-order valence-corrected chi connectivity index (χ4v) is 2.65. The number of carbonyl (C=O) groups excluding carboxylic acids is 4. The van der Waals surface area contributed by atoms with Crippen LogP contribution in [0.25, 0.3) is 0 Å². The third kappa shape index (κ3) is 3.64. The van der Waals surface area contributed by atoms with Gasteiger partial charge in [0, 0.05) is 10.5 Å². The van der Waals surface area contributed by atoms with E-state index in [1.165, 1.54) is 0 Å². The van der Waals surface area contributed by atoms with Crippen molar-refractivity contribution in [1.29, 1.82) is 0 Å². The first kappa shape index (κ1) is 18.1. The lowest BCUT2D eigenvalue weighted by molar-refractivity contribution is -0.144. The molecule has 1 aromatic carbocycles. The van der Waals surface area contributed by atoms with E-state index in [9.17, 15) is 19.2 Å². The van der Waals surface area contributed by atoms with E-state index in [0.29, 0.717) is 4.90 Å². The minimum absolute atomic E-state index is 0.296. The van der Waals surface area contributed by atoms with Crippen molar-refractivity contribution in [3.63, 3.8) is 0 Å². The molecule has 128 valence electrons. The monoisotopic (exact) mass is 395 g/mol. The van der Waals surface area contributed by atoms with Gasteiger partial charge in [-0.3, -0.25) is 19.3 Å². The van der Waals surface area contributed by atoms with E-state index in [0.717, 1.165) is 14.9 Å². The Labute approximate surface area is 148 Å². The molecule has 0 saturated carbocycles. The number of nitrogens with one attached hydrogen (secondary N) is 1. The Morgan fingerprint density at radius 3 is 2.17 bits per heavy atom. The molecule has 5 amide bonds. The van der Waals surface area contributed by atoms with Crippen molar-refractivity contribution < 1.29 is 19.2 Å². The number of carbonyl (C=O) groups is 4. The van der Waals surface area contributed by atoms with Crippen LogP contribution >= 0.6 is 15.9 Å². The number of imide groups is 2. The van der Waals surface area contributed by atoms with Gasteiger partial charge in [0.1, 0.15) is 6.54 Å². The van der Waals surface area contributed by atoms with Crippen molar-refractivity contribution in [1.82, 2.24) is 15.1 Å². The van der Waals surface area contributed by atoms with Crippen LogP contribution in [0.15, 0.2) is 28.7 Å². The zero-order chi connectivity index (χ0) is 18.0. The average Bonchev–Trinajstić information content (AvgIpc) is 2.71. The zero-order valence-corrected chi connectivity index (χ0v) is 15.2. The second-order valence-electron chi connectivity index (χ2n) is 5.78. The van der Waals surface area contributed by atoms with E-state index in [4.69, 9.17) is 0 Å². The maximum absolute atomic E-state index is 12.1. The molecule has 2 rings (SSSR count). The summed E-state index contributed by atoms with van der Waals surface area (Å²) >= 11 is 3.33. The van der Waals surface area contributed by atoms with E-state index in [1.54, 1.807) is 20.8 Å². The minimum Gasteiger partial charge on any atom is -0.348 e. The van der Waals surface area contributed by atoms with Crippen molar-refractivity contribution in [3.05, 3.63) is 34.3 Å². The molecule has 0 spiro atoms. The highest BCUT2D eigenvalue weighted by Gasteiger charge is 2.46. The standard InChI is InChI=1S/C16H18BrN3O4/c1-9(2)20-15(23)14(22)19(16(20)24)8-13(21)18-10(3)11-4-6-12(17)7-5-11/h4-7,9-10H,8H2,1-3H3,(H,18,21)/t10-/m1/s1. The van der Waals surface area contributed by atoms with Crippen LogP contribution < -0.4 is 5.32 Å². The molecule has 1 N–H and O–H groups in total. The Balaban J connectivity index is 2.02. The molecule has 1 saturated heterocycles. The summed E-state index contributed by atoms with van der Waals surface area (Å²) in [5.41, 5.74) is 0.880. The van der Waals surface area contributed by atoms with Gasteiger partial charge in [-0.2, -0.15) is 0 Å². The number of hydrogen-bond acceptors (Lipinski definition) is 4. The normalized spacial score (nSPS) is 16.1. The Morgan fingerprint density at radius 2 is 1.67 bits per heavy atom. The van der Waals surface area contributed by atoms with Gasteiger partial charge in [0.05, 0.1) is 6.04 Å². The summed E-state index contributed by atoms with van der Waals surface area (Å²) in [5.74, 6) is -2.38. The first-order valence-corrected chi connectivity index (χ1v) is 8.25. The Hall–Kier alpha value is -2.22. The highest BCUT2D eigenvalue weighted by atomic mass is 79.9. The van der Waals surface area contributed by atoms with Gasteiger partial charge in [0.15, 0.2) is 0 Å². The van der Waals surface area contributed by atoms with Crippen molar-refractivity contribution in [2.45, 2.75) is 32.9 Å². The predicted octanol–water partition coefficient (Wildman–Crippen LogP) is 1.83. The van der Waals surface area contributed by atoms with Crippen LogP contribution in [0.1, 0.15) is 32.4 Å². The van der Waals surface area contributed by atoms with Crippen LogP contribution in [0.2, 0.25) is 0 Å². The quantitative estimate of drug-likeness (QED) is 0.608. The third-order valence-electron chi connectivity index (χ3n) is 3.65. The molecule has 24 heavy (non-hydrogen) atoms. The molecule has 1 atom stereocenters. The van der Waals surface area contributed by atoms with Crippen LogP contribution in [-0.2, 0) is 14.4 Å². The van der Waals surface area contributed by atoms with Crippen LogP contribution in [0.4, 0.5) is 4.79 Å². The third-order valence-corrected chi connectivity index (χ3v) is 4.18. The number of rotatable bonds is 5. The molecule has 0 aliphatic carbocycles. The molecule has 0 radical (unpaired) electrons. The SMILES string of the molecule is CC(C)N1C(=O)C(=O)N(CC(=O)N[C@H](C)c2ccc(Br)cc2)C1=O. The first-order valence-electron chi connectivity index (χ1n) is 7.46. The number of urea groups is 1. The van der Waals surface area contributed by atoms with Gasteiger partial charge in [-0.05, 0) is 38.5 Å². The second-order valence-corrected chi connectivity index (χ2v) is 6.70.